The molecule has 10 heteroatoms. The van der Waals surface area contributed by atoms with Crippen LogP contribution < -0.4 is 0 Å². The van der Waals surface area contributed by atoms with E-state index >= 15 is 0 Å². The second-order valence-corrected chi connectivity index (χ2v) is 10.2. The third-order valence-corrected chi connectivity index (χ3v) is 8.04. The summed E-state index contributed by atoms with van der Waals surface area (Å²) in [5.41, 5.74) is 1.95. The number of H-pyrrole nitrogens is 1. The molecule has 1 saturated heterocycles. The normalized spacial score (nSPS) is 16.1. The maximum absolute atomic E-state index is 13.5. The highest BCUT2D eigenvalue weighted by Crippen LogP contribution is 2.32. The number of hydrogen-bond acceptors (Lipinski definition) is 4. The first kappa shape index (κ1) is 21.5. The average molecular weight is 515 g/mol. The van der Waals surface area contributed by atoms with E-state index in [1.165, 1.54) is 22.5 Å². The molecular weight excluding hydrogens is 497 g/mol. The van der Waals surface area contributed by atoms with E-state index in [1.807, 2.05) is 0 Å². The SMILES string of the molecule is O=S(=O)(c1cc(-c2ncc(-c3ccc(F)c(Br)c3)[nH]2)ccc1Cl)N1CCC(O)CC1. The van der Waals surface area contributed by atoms with Crippen LogP contribution in [0.4, 0.5) is 4.39 Å². The number of aliphatic hydroxyl groups is 1. The van der Waals surface area contributed by atoms with Crippen molar-refractivity contribution in [3.63, 3.8) is 0 Å². The predicted molar refractivity (Wildman–Crippen MR) is 116 cm³/mol. The second kappa shape index (κ2) is 8.39. The number of nitrogens with one attached hydrogen (secondary N) is 1. The quantitative estimate of drug-likeness (QED) is 0.539. The van der Waals surface area contributed by atoms with Crippen LogP contribution in [0.5, 0.6) is 0 Å². The number of aromatic nitrogens is 2. The van der Waals surface area contributed by atoms with Crippen molar-refractivity contribution in [3.05, 3.63) is 57.9 Å². The van der Waals surface area contributed by atoms with Crippen LogP contribution in [-0.2, 0) is 10.0 Å². The van der Waals surface area contributed by atoms with Gasteiger partial charge in [-0.15, -0.1) is 0 Å². The van der Waals surface area contributed by atoms with Crippen molar-refractivity contribution in [3.8, 4) is 22.6 Å². The van der Waals surface area contributed by atoms with E-state index in [2.05, 4.69) is 25.9 Å². The first-order chi connectivity index (χ1) is 14.3. The molecule has 6 nitrogen and oxygen atoms in total. The number of sulfonamides is 1. The third-order valence-electron chi connectivity index (χ3n) is 5.05. The average Bonchev–Trinajstić information content (AvgIpc) is 3.21. The Hall–Kier alpha value is -1.78. The minimum Gasteiger partial charge on any atom is -0.393 e. The summed E-state index contributed by atoms with van der Waals surface area (Å²) in [6.07, 6.45) is 1.91. The Morgan fingerprint density at radius 2 is 1.87 bits per heavy atom. The number of aromatic amines is 1. The smallest absolute Gasteiger partial charge is 0.244 e. The molecule has 158 valence electrons. The first-order valence-corrected chi connectivity index (χ1v) is 11.9. The topological polar surface area (TPSA) is 86.3 Å². The number of rotatable bonds is 4. The minimum absolute atomic E-state index is 0.000494. The maximum Gasteiger partial charge on any atom is 0.244 e. The largest absolute Gasteiger partial charge is 0.393 e. The number of aliphatic hydroxyl groups excluding tert-OH is 1. The van der Waals surface area contributed by atoms with E-state index in [9.17, 15) is 17.9 Å². The van der Waals surface area contributed by atoms with Crippen molar-refractivity contribution in [1.82, 2.24) is 14.3 Å². The molecule has 1 fully saturated rings. The minimum atomic E-state index is -3.80. The summed E-state index contributed by atoms with van der Waals surface area (Å²) in [6, 6.07) is 9.31. The molecule has 2 aromatic carbocycles. The Labute approximate surface area is 186 Å². The van der Waals surface area contributed by atoms with E-state index in [0.29, 0.717) is 34.4 Å². The highest BCUT2D eigenvalue weighted by Gasteiger charge is 2.30. The van der Waals surface area contributed by atoms with Gasteiger partial charge in [-0.1, -0.05) is 11.6 Å². The van der Waals surface area contributed by atoms with Gasteiger partial charge in [0.2, 0.25) is 10.0 Å². The fraction of sp³-hybridized carbons (Fsp3) is 0.250. The van der Waals surface area contributed by atoms with E-state index in [1.54, 1.807) is 24.4 Å². The van der Waals surface area contributed by atoms with Gasteiger partial charge in [0.25, 0.3) is 0 Å². The summed E-state index contributed by atoms with van der Waals surface area (Å²) in [4.78, 5) is 7.48. The number of halogens is 3. The van der Waals surface area contributed by atoms with Crippen molar-refractivity contribution in [2.24, 2.45) is 0 Å². The van der Waals surface area contributed by atoms with Gasteiger partial charge in [-0.2, -0.15) is 4.31 Å². The Bertz CT molecular complexity index is 1190. The van der Waals surface area contributed by atoms with E-state index < -0.39 is 16.1 Å². The fourth-order valence-corrected chi connectivity index (χ4v) is 5.70. The number of hydrogen-bond donors (Lipinski definition) is 2. The summed E-state index contributed by atoms with van der Waals surface area (Å²) >= 11 is 9.39. The van der Waals surface area contributed by atoms with Crippen LogP contribution in [0.25, 0.3) is 22.6 Å². The van der Waals surface area contributed by atoms with E-state index in [-0.39, 0.29) is 28.8 Å². The molecule has 2 N–H and O–H groups in total. The Balaban J connectivity index is 1.67. The van der Waals surface area contributed by atoms with Gasteiger partial charge in [0, 0.05) is 24.2 Å². The van der Waals surface area contributed by atoms with Crippen LogP contribution in [-0.4, -0.2) is 47.0 Å². The lowest BCUT2D eigenvalue weighted by Gasteiger charge is -2.29. The molecule has 1 aliphatic rings. The monoisotopic (exact) mass is 513 g/mol. The number of imidazole rings is 1. The molecule has 2 heterocycles. The lowest BCUT2D eigenvalue weighted by atomic mass is 10.1. The zero-order chi connectivity index (χ0) is 21.5. The fourth-order valence-electron chi connectivity index (χ4n) is 3.35. The van der Waals surface area contributed by atoms with Gasteiger partial charge in [0.15, 0.2) is 0 Å². The van der Waals surface area contributed by atoms with Gasteiger partial charge in [-0.3, -0.25) is 0 Å². The lowest BCUT2D eigenvalue weighted by Crippen LogP contribution is -2.40. The molecule has 0 saturated carbocycles. The van der Waals surface area contributed by atoms with Crippen LogP contribution in [0.2, 0.25) is 5.02 Å². The van der Waals surface area contributed by atoms with Crippen molar-refractivity contribution >= 4 is 37.6 Å². The summed E-state index contributed by atoms with van der Waals surface area (Å²) in [5.74, 6) is 0.101. The summed E-state index contributed by atoms with van der Waals surface area (Å²) in [7, 11) is -3.80. The molecule has 1 aliphatic heterocycles. The van der Waals surface area contributed by atoms with Gasteiger partial charge in [0.05, 0.1) is 27.5 Å². The molecular formula is C20H18BrClFN3O3S. The van der Waals surface area contributed by atoms with Crippen LogP contribution in [0.3, 0.4) is 0 Å². The van der Waals surface area contributed by atoms with Gasteiger partial charge < -0.3 is 10.1 Å². The molecule has 0 spiro atoms. The third kappa shape index (κ3) is 4.17. The Kier molecular flexibility index (Phi) is 6.00. The Morgan fingerprint density at radius 1 is 1.17 bits per heavy atom. The van der Waals surface area contributed by atoms with Gasteiger partial charge in [0.1, 0.15) is 16.5 Å². The van der Waals surface area contributed by atoms with Crippen LogP contribution >= 0.6 is 27.5 Å². The molecule has 30 heavy (non-hydrogen) atoms. The second-order valence-electron chi connectivity index (χ2n) is 7.05. The van der Waals surface area contributed by atoms with Crippen LogP contribution in [0, 0.1) is 5.82 Å². The number of nitrogens with zero attached hydrogens (tertiary/aromatic N) is 2. The van der Waals surface area contributed by atoms with Gasteiger partial charge in [-0.25, -0.2) is 17.8 Å². The van der Waals surface area contributed by atoms with Crippen LogP contribution in [0.1, 0.15) is 12.8 Å². The molecule has 0 bridgehead atoms. The first-order valence-electron chi connectivity index (χ1n) is 9.24. The van der Waals surface area contributed by atoms with Crippen LogP contribution in [0.15, 0.2) is 52.0 Å². The molecule has 0 unspecified atom stereocenters. The van der Waals surface area contributed by atoms with E-state index in [0.717, 1.165) is 5.56 Å². The molecule has 0 aliphatic carbocycles. The highest BCUT2D eigenvalue weighted by atomic mass is 79.9. The van der Waals surface area contributed by atoms with Crippen molar-refractivity contribution in [2.45, 2.75) is 23.8 Å². The zero-order valence-corrected chi connectivity index (χ0v) is 18.8. The maximum atomic E-state index is 13.5. The number of piperidine rings is 1. The molecule has 0 radical (unpaired) electrons. The summed E-state index contributed by atoms with van der Waals surface area (Å²) in [6.45, 7) is 0.489. The molecule has 0 atom stereocenters. The highest BCUT2D eigenvalue weighted by molar-refractivity contribution is 9.10. The standard InChI is InChI=1S/C20H18BrClFN3O3S/c21-15-9-12(2-4-17(15)23)18-11-24-20(25-18)13-1-3-16(22)19(10-13)30(28,29)26-7-5-14(27)6-8-26/h1-4,9-11,14,27H,5-8H2,(H,24,25). The van der Waals surface area contributed by atoms with Gasteiger partial charge >= 0.3 is 0 Å². The summed E-state index contributed by atoms with van der Waals surface area (Å²) in [5, 5.41) is 9.78. The lowest BCUT2D eigenvalue weighted by molar-refractivity contribution is 0.113. The van der Waals surface area contributed by atoms with Gasteiger partial charge in [-0.05, 0) is 65.2 Å². The molecule has 3 aromatic rings. The predicted octanol–water partition coefficient (Wildman–Crippen LogP) is 4.44. The van der Waals surface area contributed by atoms with Crippen molar-refractivity contribution in [1.29, 1.82) is 0 Å². The summed E-state index contributed by atoms with van der Waals surface area (Å²) < 4.78 is 41.3. The molecule has 0 amide bonds. The van der Waals surface area contributed by atoms with E-state index in [4.69, 9.17) is 11.6 Å². The Morgan fingerprint density at radius 3 is 2.57 bits per heavy atom. The van der Waals surface area contributed by atoms with Crippen molar-refractivity contribution < 1.29 is 17.9 Å². The molecule has 4 rings (SSSR count). The zero-order valence-electron chi connectivity index (χ0n) is 15.6. The molecule has 1 aromatic heterocycles. The number of benzene rings is 2. The van der Waals surface area contributed by atoms with Crippen molar-refractivity contribution in [2.75, 3.05) is 13.1 Å².